The summed E-state index contributed by atoms with van der Waals surface area (Å²) in [5.74, 6) is 0.752. The van der Waals surface area contributed by atoms with Crippen molar-refractivity contribution in [1.29, 1.82) is 0 Å². The maximum Gasteiger partial charge on any atom is 0.0431 e. The largest absolute Gasteiger partial charge is 0.396 e. The van der Waals surface area contributed by atoms with Gasteiger partial charge in [-0.05, 0) is 31.8 Å². The molecule has 0 unspecified atom stereocenters. The number of rotatable bonds is 8. The Kier molecular flexibility index (Phi) is 16.5. The average molecular weight is 262 g/mol. The van der Waals surface area contributed by atoms with Crippen molar-refractivity contribution in [2.24, 2.45) is 5.92 Å². The van der Waals surface area contributed by atoms with Gasteiger partial charge >= 0.3 is 0 Å². The Balaban J connectivity index is 0. The average Bonchev–Trinajstić information content (AvgIpc) is 2.02. The van der Waals surface area contributed by atoms with Crippen LogP contribution in [0, 0.1) is 5.92 Å². The van der Waals surface area contributed by atoms with Gasteiger partial charge in [-0.2, -0.15) is 0 Å². The van der Waals surface area contributed by atoms with Crippen LogP contribution in [0.5, 0.6) is 0 Å². The van der Waals surface area contributed by atoms with E-state index in [-0.39, 0.29) is 32.7 Å². The molecule has 0 aromatic heterocycles. The van der Waals surface area contributed by atoms with Crippen molar-refractivity contribution in [2.45, 2.75) is 39.5 Å². The van der Waals surface area contributed by atoms with E-state index in [2.05, 4.69) is 19.2 Å². The molecule has 2 nitrogen and oxygen atoms in total. The maximum absolute atomic E-state index is 8.53. The van der Waals surface area contributed by atoms with Gasteiger partial charge < -0.3 is 10.4 Å². The van der Waals surface area contributed by atoms with Crippen LogP contribution in [0.2, 0.25) is 0 Å². The van der Waals surface area contributed by atoms with Crippen LogP contribution < -0.4 is 5.32 Å². The molecular formula is C10H23NOY. The summed E-state index contributed by atoms with van der Waals surface area (Å²) in [6, 6.07) is 0. The molecule has 0 amide bonds. The third-order valence-electron chi connectivity index (χ3n) is 1.81. The molecule has 0 aliphatic rings. The van der Waals surface area contributed by atoms with E-state index in [0.29, 0.717) is 6.61 Å². The Morgan fingerprint density at radius 2 is 1.69 bits per heavy atom. The van der Waals surface area contributed by atoms with E-state index in [4.69, 9.17) is 5.11 Å². The molecule has 1 radical (unpaired) electrons. The molecule has 0 bridgehead atoms. The van der Waals surface area contributed by atoms with Gasteiger partial charge in [0.25, 0.3) is 0 Å². The smallest absolute Gasteiger partial charge is 0.0431 e. The first-order chi connectivity index (χ1) is 5.77. The van der Waals surface area contributed by atoms with Crippen molar-refractivity contribution < 1.29 is 37.8 Å². The summed E-state index contributed by atoms with van der Waals surface area (Å²) in [5, 5.41) is 11.9. The molecule has 3 heteroatoms. The zero-order valence-corrected chi connectivity index (χ0v) is 11.9. The number of aliphatic hydroxyl groups is 1. The first-order valence-corrected chi connectivity index (χ1v) is 5.09. The van der Waals surface area contributed by atoms with Crippen LogP contribution in [0.1, 0.15) is 39.5 Å². The zero-order valence-electron chi connectivity index (χ0n) is 9.05. The summed E-state index contributed by atoms with van der Waals surface area (Å²) in [5.41, 5.74) is 0. The van der Waals surface area contributed by atoms with Crippen molar-refractivity contribution >= 4 is 0 Å². The van der Waals surface area contributed by atoms with Crippen LogP contribution in [0.15, 0.2) is 0 Å². The molecule has 0 spiro atoms. The minimum absolute atomic E-state index is 0. The molecule has 0 aliphatic carbocycles. The number of hydrogen-bond donors (Lipinski definition) is 2. The van der Waals surface area contributed by atoms with E-state index in [9.17, 15) is 0 Å². The molecule has 0 aromatic carbocycles. The van der Waals surface area contributed by atoms with Crippen LogP contribution in [0.25, 0.3) is 0 Å². The number of unbranched alkanes of at least 4 members (excludes halogenated alkanes) is 3. The Hall–Kier alpha value is 1.02. The second kappa shape index (κ2) is 13.0. The van der Waals surface area contributed by atoms with Gasteiger partial charge in [-0.25, -0.2) is 0 Å². The quantitative estimate of drug-likeness (QED) is 0.653. The predicted molar refractivity (Wildman–Crippen MR) is 53.3 cm³/mol. The normalized spacial score (nSPS) is 10.2. The third-order valence-corrected chi connectivity index (χ3v) is 1.81. The van der Waals surface area contributed by atoms with E-state index < -0.39 is 0 Å². The fourth-order valence-corrected chi connectivity index (χ4v) is 1.11. The van der Waals surface area contributed by atoms with Gasteiger partial charge in [-0.3, -0.25) is 0 Å². The third kappa shape index (κ3) is 15.8. The van der Waals surface area contributed by atoms with E-state index in [0.717, 1.165) is 25.4 Å². The molecule has 0 saturated heterocycles. The molecule has 77 valence electrons. The molecule has 0 heterocycles. The first-order valence-electron chi connectivity index (χ1n) is 5.09. The van der Waals surface area contributed by atoms with Gasteiger partial charge in [-0.15, -0.1) is 0 Å². The monoisotopic (exact) mass is 262 g/mol. The first kappa shape index (κ1) is 16.5. The number of aliphatic hydroxyl groups excluding tert-OH is 1. The summed E-state index contributed by atoms with van der Waals surface area (Å²) >= 11 is 0. The van der Waals surface area contributed by atoms with Gasteiger partial charge in [0.05, 0.1) is 0 Å². The van der Waals surface area contributed by atoms with Crippen LogP contribution in [-0.4, -0.2) is 24.8 Å². The number of nitrogens with one attached hydrogen (secondary N) is 1. The number of hydrogen-bond acceptors (Lipinski definition) is 2. The minimum atomic E-state index is 0. The van der Waals surface area contributed by atoms with Gasteiger partial charge in [0.15, 0.2) is 0 Å². The molecule has 0 fully saturated rings. The summed E-state index contributed by atoms with van der Waals surface area (Å²) in [6.45, 7) is 7.04. The van der Waals surface area contributed by atoms with Gasteiger partial charge in [-0.1, -0.05) is 26.7 Å². The van der Waals surface area contributed by atoms with E-state index >= 15 is 0 Å². The Bertz CT molecular complexity index is 89.0. The zero-order chi connectivity index (χ0) is 9.23. The molecule has 0 aromatic rings. The summed E-state index contributed by atoms with van der Waals surface area (Å²) in [6.07, 6.45) is 4.61. The van der Waals surface area contributed by atoms with Crippen LogP contribution in [-0.2, 0) is 32.7 Å². The minimum Gasteiger partial charge on any atom is -0.396 e. The topological polar surface area (TPSA) is 32.3 Å². The Labute approximate surface area is 108 Å². The van der Waals surface area contributed by atoms with E-state index in [1.807, 2.05) is 0 Å². The van der Waals surface area contributed by atoms with Crippen molar-refractivity contribution in [2.75, 3.05) is 19.7 Å². The van der Waals surface area contributed by atoms with Crippen molar-refractivity contribution in [3.8, 4) is 0 Å². The molecule has 0 rings (SSSR count). The summed E-state index contributed by atoms with van der Waals surface area (Å²) in [7, 11) is 0. The maximum atomic E-state index is 8.53. The van der Waals surface area contributed by atoms with Crippen molar-refractivity contribution in [3.05, 3.63) is 0 Å². The second-order valence-electron chi connectivity index (χ2n) is 3.74. The summed E-state index contributed by atoms with van der Waals surface area (Å²) < 4.78 is 0. The van der Waals surface area contributed by atoms with Crippen LogP contribution >= 0.6 is 0 Å². The Morgan fingerprint density at radius 1 is 1.08 bits per heavy atom. The fourth-order valence-electron chi connectivity index (χ4n) is 1.11. The van der Waals surface area contributed by atoms with Crippen molar-refractivity contribution in [1.82, 2.24) is 5.32 Å². The van der Waals surface area contributed by atoms with Gasteiger partial charge in [0.2, 0.25) is 0 Å². The molecule has 0 aliphatic heterocycles. The molecule has 13 heavy (non-hydrogen) atoms. The van der Waals surface area contributed by atoms with Crippen molar-refractivity contribution in [3.63, 3.8) is 0 Å². The SMILES string of the molecule is CC(C)CNCCCCCCO.[Y]. The molecule has 0 saturated carbocycles. The Morgan fingerprint density at radius 3 is 2.23 bits per heavy atom. The summed E-state index contributed by atoms with van der Waals surface area (Å²) in [4.78, 5) is 0. The molecule has 0 atom stereocenters. The fraction of sp³-hybridized carbons (Fsp3) is 1.00. The molecular weight excluding hydrogens is 239 g/mol. The van der Waals surface area contributed by atoms with Crippen LogP contribution in [0.4, 0.5) is 0 Å². The van der Waals surface area contributed by atoms with E-state index in [1.54, 1.807) is 0 Å². The van der Waals surface area contributed by atoms with Gasteiger partial charge in [0, 0.05) is 39.3 Å². The molecule has 2 N–H and O–H groups in total. The van der Waals surface area contributed by atoms with Gasteiger partial charge in [0.1, 0.15) is 0 Å². The second-order valence-corrected chi connectivity index (χ2v) is 3.74. The van der Waals surface area contributed by atoms with Crippen LogP contribution in [0.3, 0.4) is 0 Å². The van der Waals surface area contributed by atoms with E-state index in [1.165, 1.54) is 19.3 Å². The standard InChI is InChI=1S/C10H23NO.Y/c1-10(2)9-11-7-5-3-4-6-8-12;/h10-12H,3-9H2,1-2H3;. The predicted octanol–water partition coefficient (Wildman–Crippen LogP) is 1.78.